The zero-order chi connectivity index (χ0) is 19.6. The summed E-state index contributed by atoms with van der Waals surface area (Å²) in [6.07, 6.45) is 0. The summed E-state index contributed by atoms with van der Waals surface area (Å²) in [6, 6.07) is 10.6. The number of amides is 1. The highest BCUT2D eigenvalue weighted by molar-refractivity contribution is 7.99. The number of nitrogens with one attached hydrogen (secondary N) is 1. The van der Waals surface area contributed by atoms with Crippen molar-refractivity contribution in [2.75, 3.05) is 11.1 Å². The number of hydrogen-bond acceptors (Lipinski definition) is 4. The van der Waals surface area contributed by atoms with Crippen molar-refractivity contribution in [2.45, 2.75) is 12.1 Å². The molecule has 3 aromatic rings. The molecule has 0 saturated carbocycles. The van der Waals surface area contributed by atoms with Gasteiger partial charge in [-0.3, -0.25) is 4.79 Å². The van der Waals surface area contributed by atoms with E-state index in [9.17, 15) is 4.79 Å². The number of carbonyl (C=O) groups is 1. The van der Waals surface area contributed by atoms with Crippen molar-refractivity contribution in [3.05, 3.63) is 57.0 Å². The number of anilines is 1. The first kappa shape index (κ1) is 20.0. The minimum Gasteiger partial charge on any atom is -0.325 e. The van der Waals surface area contributed by atoms with Gasteiger partial charge in [0.1, 0.15) is 0 Å². The number of aryl methyl sites for hydroxylation is 1. The van der Waals surface area contributed by atoms with E-state index >= 15 is 0 Å². The second-order valence-electron chi connectivity index (χ2n) is 5.79. The molecule has 9 heteroatoms. The number of halogens is 3. The molecule has 0 spiro atoms. The highest BCUT2D eigenvalue weighted by atomic mass is 35.5. The second-order valence-corrected chi connectivity index (χ2v) is 7.98. The standard InChI is InChI=1S/C18H15Cl3N4OS/c1-10-3-5-12(8-14(10)20)22-16(26)9-27-18-24-23-17(25(18)2)13-6-4-11(19)7-15(13)21/h3-8H,9H2,1-2H3,(H,22,26). The second kappa shape index (κ2) is 8.52. The van der Waals surface area contributed by atoms with Crippen molar-refractivity contribution < 1.29 is 4.79 Å². The summed E-state index contributed by atoms with van der Waals surface area (Å²) in [7, 11) is 1.82. The zero-order valence-electron chi connectivity index (χ0n) is 14.5. The molecule has 3 rings (SSSR count). The van der Waals surface area contributed by atoms with Crippen molar-refractivity contribution in [2.24, 2.45) is 7.05 Å². The van der Waals surface area contributed by atoms with Gasteiger partial charge < -0.3 is 9.88 Å². The Morgan fingerprint density at radius 2 is 1.89 bits per heavy atom. The number of carbonyl (C=O) groups excluding carboxylic acids is 1. The first-order valence-corrected chi connectivity index (χ1v) is 10.0. The first-order valence-electron chi connectivity index (χ1n) is 7.89. The van der Waals surface area contributed by atoms with E-state index in [2.05, 4.69) is 15.5 Å². The van der Waals surface area contributed by atoms with Gasteiger partial charge in [-0.15, -0.1) is 10.2 Å². The fourth-order valence-corrected chi connectivity index (χ4v) is 3.73. The number of nitrogens with zero attached hydrogens (tertiary/aromatic N) is 3. The van der Waals surface area contributed by atoms with Crippen LogP contribution < -0.4 is 5.32 Å². The summed E-state index contributed by atoms with van der Waals surface area (Å²) >= 11 is 19.5. The first-order chi connectivity index (χ1) is 12.8. The van der Waals surface area contributed by atoms with Crippen LogP contribution in [0.2, 0.25) is 15.1 Å². The van der Waals surface area contributed by atoms with Crippen LogP contribution in [-0.4, -0.2) is 26.4 Å². The lowest BCUT2D eigenvalue weighted by atomic mass is 10.2. The Morgan fingerprint density at radius 3 is 2.59 bits per heavy atom. The molecule has 2 aromatic carbocycles. The van der Waals surface area contributed by atoms with Gasteiger partial charge in [-0.05, 0) is 42.8 Å². The van der Waals surface area contributed by atoms with Crippen molar-refractivity contribution in [1.29, 1.82) is 0 Å². The molecule has 0 aliphatic heterocycles. The van der Waals surface area contributed by atoms with Crippen LogP contribution >= 0.6 is 46.6 Å². The van der Waals surface area contributed by atoms with E-state index in [1.165, 1.54) is 11.8 Å². The number of aromatic nitrogens is 3. The minimum atomic E-state index is -0.158. The third-order valence-corrected chi connectivity index (χ3v) is 5.77. The third-order valence-electron chi connectivity index (χ3n) is 3.79. The van der Waals surface area contributed by atoms with Gasteiger partial charge >= 0.3 is 0 Å². The SMILES string of the molecule is Cc1ccc(NC(=O)CSc2nnc(-c3ccc(Cl)cc3Cl)n2C)cc1Cl. The van der Waals surface area contributed by atoms with Crippen molar-refractivity contribution in [1.82, 2.24) is 14.8 Å². The molecule has 1 N–H and O–H groups in total. The van der Waals surface area contributed by atoms with Gasteiger partial charge in [-0.2, -0.15) is 0 Å². The van der Waals surface area contributed by atoms with Gasteiger partial charge in [0.2, 0.25) is 5.91 Å². The van der Waals surface area contributed by atoms with E-state index in [-0.39, 0.29) is 11.7 Å². The summed E-state index contributed by atoms with van der Waals surface area (Å²) < 4.78 is 1.79. The Bertz CT molecular complexity index is 1010. The topological polar surface area (TPSA) is 59.8 Å². The maximum Gasteiger partial charge on any atom is 0.234 e. The van der Waals surface area contributed by atoms with E-state index in [4.69, 9.17) is 34.8 Å². The number of hydrogen-bond donors (Lipinski definition) is 1. The number of benzene rings is 2. The van der Waals surface area contributed by atoms with Crippen LogP contribution in [0.1, 0.15) is 5.56 Å². The van der Waals surface area contributed by atoms with Gasteiger partial charge in [0, 0.05) is 28.3 Å². The molecule has 140 valence electrons. The summed E-state index contributed by atoms with van der Waals surface area (Å²) in [5, 5.41) is 13.4. The molecule has 5 nitrogen and oxygen atoms in total. The van der Waals surface area contributed by atoms with Crippen molar-refractivity contribution in [3.8, 4) is 11.4 Å². The predicted octanol–water partition coefficient (Wildman–Crippen LogP) is 5.48. The van der Waals surface area contributed by atoms with E-state index < -0.39 is 0 Å². The molecule has 0 unspecified atom stereocenters. The predicted molar refractivity (Wildman–Crippen MR) is 112 cm³/mol. The van der Waals surface area contributed by atoms with E-state index in [1.54, 1.807) is 28.8 Å². The molecule has 0 radical (unpaired) electrons. The molecular formula is C18H15Cl3N4OS. The van der Waals surface area contributed by atoms with Gasteiger partial charge in [-0.1, -0.05) is 52.6 Å². The fourth-order valence-electron chi connectivity index (χ4n) is 2.34. The molecular weight excluding hydrogens is 427 g/mol. The lowest BCUT2D eigenvalue weighted by Gasteiger charge is -2.07. The minimum absolute atomic E-state index is 0.158. The zero-order valence-corrected chi connectivity index (χ0v) is 17.5. The van der Waals surface area contributed by atoms with Gasteiger partial charge in [-0.25, -0.2) is 0 Å². The lowest BCUT2D eigenvalue weighted by molar-refractivity contribution is -0.113. The highest BCUT2D eigenvalue weighted by Crippen LogP contribution is 2.30. The van der Waals surface area contributed by atoms with Crippen molar-refractivity contribution >= 4 is 58.2 Å². The average Bonchev–Trinajstić information content (AvgIpc) is 2.97. The molecule has 0 atom stereocenters. The summed E-state index contributed by atoms with van der Waals surface area (Å²) in [5.41, 5.74) is 2.33. The number of thioether (sulfide) groups is 1. The van der Waals surface area contributed by atoms with Crippen LogP contribution in [0.15, 0.2) is 41.6 Å². The maximum atomic E-state index is 12.2. The van der Waals surface area contributed by atoms with Crippen LogP contribution in [0.4, 0.5) is 5.69 Å². The van der Waals surface area contributed by atoms with E-state index in [1.807, 2.05) is 26.1 Å². The quantitative estimate of drug-likeness (QED) is 0.532. The van der Waals surface area contributed by atoms with Crippen LogP contribution in [0.3, 0.4) is 0 Å². The molecule has 0 aliphatic rings. The number of rotatable bonds is 5. The van der Waals surface area contributed by atoms with Gasteiger partial charge in [0.25, 0.3) is 0 Å². The Hall–Kier alpha value is -1.73. The molecule has 0 bridgehead atoms. The van der Waals surface area contributed by atoms with Crippen LogP contribution in [0.25, 0.3) is 11.4 Å². The summed E-state index contributed by atoms with van der Waals surface area (Å²) in [6.45, 7) is 1.91. The van der Waals surface area contributed by atoms with E-state index in [0.29, 0.717) is 31.7 Å². The molecule has 1 amide bonds. The largest absolute Gasteiger partial charge is 0.325 e. The van der Waals surface area contributed by atoms with Gasteiger partial charge in [0.05, 0.1) is 10.8 Å². The third kappa shape index (κ3) is 4.76. The summed E-state index contributed by atoms with van der Waals surface area (Å²) in [5.74, 6) is 0.630. The molecule has 1 aromatic heterocycles. The lowest BCUT2D eigenvalue weighted by Crippen LogP contribution is -2.14. The fraction of sp³-hybridized carbons (Fsp3) is 0.167. The van der Waals surface area contributed by atoms with Crippen LogP contribution in [0, 0.1) is 6.92 Å². The van der Waals surface area contributed by atoms with E-state index in [0.717, 1.165) is 11.1 Å². The Balaban J connectivity index is 1.67. The summed E-state index contributed by atoms with van der Waals surface area (Å²) in [4.78, 5) is 12.2. The molecule has 1 heterocycles. The monoisotopic (exact) mass is 440 g/mol. The van der Waals surface area contributed by atoms with Crippen LogP contribution in [0.5, 0.6) is 0 Å². The highest BCUT2D eigenvalue weighted by Gasteiger charge is 2.15. The smallest absolute Gasteiger partial charge is 0.234 e. The average molecular weight is 442 g/mol. The Kier molecular flexibility index (Phi) is 6.32. The van der Waals surface area contributed by atoms with Gasteiger partial charge in [0.15, 0.2) is 11.0 Å². The molecule has 0 fully saturated rings. The normalized spacial score (nSPS) is 10.9. The maximum absolute atomic E-state index is 12.2. The Labute approximate surface area is 176 Å². The molecule has 0 aliphatic carbocycles. The molecule has 27 heavy (non-hydrogen) atoms. The van der Waals surface area contributed by atoms with Crippen LogP contribution in [-0.2, 0) is 11.8 Å². The van der Waals surface area contributed by atoms with Crippen molar-refractivity contribution in [3.63, 3.8) is 0 Å². The Morgan fingerprint density at radius 1 is 1.11 bits per heavy atom. The molecule has 0 saturated heterocycles.